The maximum absolute atomic E-state index is 12.3. The van der Waals surface area contributed by atoms with E-state index in [0.29, 0.717) is 38.0 Å². The minimum absolute atomic E-state index is 0.0148. The number of nitrogens with one attached hydrogen (secondary N) is 3. The highest BCUT2D eigenvalue weighted by Gasteiger charge is 2.31. The van der Waals surface area contributed by atoms with Crippen LogP contribution >= 0.6 is 0 Å². The molecule has 130 valence electrons. The fraction of sp³-hybridized carbons (Fsp3) is 0.556. The normalized spacial score (nSPS) is 25.4. The number of aromatic nitrogens is 1. The van der Waals surface area contributed by atoms with Crippen LogP contribution in [0.25, 0.3) is 5.57 Å². The molecule has 2 aliphatic heterocycles. The Balaban J connectivity index is 2.07. The second-order valence-corrected chi connectivity index (χ2v) is 6.41. The van der Waals surface area contributed by atoms with E-state index < -0.39 is 0 Å². The summed E-state index contributed by atoms with van der Waals surface area (Å²) in [5.41, 5.74) is 4.45. The summed E-state index contributed by atoms with van der Waals surface area (Å²) in [6.07, 6.45) is 4.30. The first-order chi connectivity index (χ1) is 11.6. The quantitative estimate of drug-likeness (QED) is 0.692. The molecular formula is C18H25N3O3. The van der Waals surface area contributed by atoms with Crippen molar-refractivity contribution < 1.29 is 14.3 Å². The number of ether oxygens (including phenoxy) is 2. The van der Waals surface area contributed by atoms with E-state index in [1.54, 1.807) is 0 Å². The predicted octanol–water partition coefficient (Wildman–Crippen LogP) is 2.75. The van der Waals surface area contributed by atoms with Gasteiger partial charge >= 0.3 is 0 Å². The minimum atomic E-state index is -0.0148. The fourth-order valence-electron chi connectivity index (χ4n) is 3.53. The zero-order valence-corrected chi connectivity index (χ0v) is 14.3. The molecule has 2 bridgehead atoms. The standard InChI is InChI=1S/C18H25N3O3/c1-11-14(9-19)24-8-7-23-6-4-3-5-13-10-20-18(22)15-12(2)16(11)21-17(13)15/h9,13,19,21H,3-8,10H2,1-2H3,(H,20,22)/b14-11-,19-9?/t13-/m1/s1. The van der Waals surface area contributed by atoms with Crippen LogP contribution in [0.4, 0.5) is 0 Å². The molecule has 3 heterocycles. The molecule has 0 spiro atoms. The van der Waals surface area contributed by atoms with Crippen LogP contribution in [0.5, 0.6) is 0 Å². The second kappa shape index (κ2) is 7.21. The summed E-state index contributed by atoms with van der Waals surface area (Å²) in [7, 11) is 0. The van der Waals surface area contributed by atoms with Gasteiger partial charge in [0.05, 0.1) is 18.4 Å². The third-order valence-corrected chi connectivity index (χ3v) is 4.88. The molecule has 0 aliphatic carbocycles. The van der Waals surface area contributed by atoms with Gasteiger partial charge in [0, 0.05) is 36.0 Å². The van der Waals surface area contributed by atoms with Crippen molar-refractivity contribution >= 4 is 17.7 Å². The van der Waals surface area contributed by atoms with E-state index >= 15 is 0 Å². The number of amides is 1. The van der Waals surface area contributed by atoms with Gasteiger partial charge in [0.25, 0.3) is 5.91 Å². The van der Waals surface area contributed by atoms with Crippen molar-refractivity contribution in [1.82, 2.24) is 10.3 Å². The van der Waals surface area contributed by atoms with Gasteiger partial charge in [-0.3, -0.25) is 4.79 Å². The average molecular weight is 331 g/mol. The van der Waals surface area contributed by atoms with Crippen LogP contribution in [0, 0.1) is 12.3 Å². The van der Waals surface area contributed by atoms with Crippen LogP contribution in [0.2, 0.25) is 0 Å². The maximum atomic E-state index is 12.3. The van der Waals surface area contributed by atoms with E-state index in [-0.39, 0.29) is 5.91 Å². The molecule has 3 rings (SSSR count). The van der Waals surface area contributed by atoms with Crippen LogP contribution in [0.15, 0.2) is 5.76 Å². The Morgan fingerprint density at radius 3 is 2.83 bits per heavy atom. The molecule has 0 unspecified atom stereocenters. The van der Waals surface area contributed by atoms with E-state index in [2.05, 4.69) is 10.3 Å². The number of rotatable bonds is 1. The monoisotopic (exact) mass is 331 g/mol. The van der Waals surface area contributed by atoms with Gasteiger partial charge in [-0.1, -0.05) is 6.42 Å². The largest absolute Gasteiger partial charge is 0.489 e. The molecule has 3 N–H and O–H groups in total. The molecule has 0 saturated carbocycles. The lowest BCUT2D eigenvalue weighted by molar-refractivity contribution is 0.0784. The van der Waals surface area contributed by atoms with E-state index in [9.17, 15) is 4.79 Å². The molecule has 0 radical (unpaired) electrons. The summed E-state index contributed by atoms with van der Waals surface area (Å²) in [6.45, 7) is 6.21. The van der Waals surface area contributed by atoms with Crippen molar-refractivity contribution in [2.75, 3.05) is 26.4 Å². The summed E-state index contributed by atoms with van der Waals surface area (Å²) >= 11 is 0. The minimum Gasteiger partial charge on any atom is -0.489 e. The first-order valence-corrected chi connectivity index (χ1v) is 8.56. The number of carbonyl (C=O) groups excluding carboxylic acids is 1. The van der Waals surface area contributed by atoms with Gasteiger partial charge in [0.1, 0.15) is 12.4 Å². The van der Waals surface area contributed by atoms with Crippen LogP contribution < -0.4 is 5.32 Å². The second-order valence-electron chi connectivity index (χ2n) is 6.41. The molecular weight excluding hydrogens is 306 g/mol. The van der Waals surface area contributed by atoms with Crippen molar-refractivity contribution in [2.45, 2.75) is 39.0 Å². The summed E-state index contributed by atoms with van der Waals surface area (Å²) < 4.78 is 11.3. The van der Waals surface area contributed by atoms with Crippen molar-refractivity contribution in [3.63, 3.8) is 0 Å². The summed E-state index contributed by atoms with van der Waals surface area (Å²) in [4.78, 5) is 15.8. The van der Waals surface area contributed by atoms with Gasteiger partial charge in [-0.2, -0.15) is 0 Å². The van der Waals surface area contributed by atoms with Gasteiger partial charge < -0.3 is 25.2 Å². The highest BCUT2D eigenvalue weighted by molar-refractivity contribution is 6.00. The number of allylic oxidation sites excluding steroid dienone is 2. The Morgan fingerprint density at radius 1 is 1.21 bits per heavy atom. The number of aromatic amines is 1. The molecule has 0 aromatic carbocycles. The van der Waals surface area contributed by atoms with E-state index in [0.717, 1.165) is 47.4 Å². The molecule has 0 saturated heterocycles. The summed E-state index contributed by atoms with van der Waals surface area (Å²) in [5, 5.41) is 10.6. The Morgan fingerprint density at radius 2 is 2.04 bits per heavy atom. The smallest absolute Gasteiger partial charge is 0.253 e. The maximum Gasteiger partial charge on any atom is 0.253 e. The van der Waals surface area contributed by atoms with E-state index in [4.69, 9.17) is 14.9 Å². The number of H-pyrrole nitrogens is 1. The lowest BCUT2D eigenvalue weighted by Gasteiger charge is -2.23. The summed E-state index contributed by atoms with van der Waals surface area (Å²) in [5.74, 6) is 0.790. The molecule has 1 aromatic heterocycles. The van der Waals surface area contributed by atoms with Gasteiger partial charge in [-0.05, 0) is 32.3 Å². The van der Waals surface area contributed by atoms with Crippen molar-refractivity contribution in [1.29, 1.82) is 5.41 Å². The lowest BCUT2D eigenvalue weighted by Crippen LogP contribution is -2.35. The Kier molecular flexibility index (Phi) is 5.04. The van der Waals surface area contributed by atoms with E-state index in [1.165, 1.54) is 6.21 Å². The molecule has 2 aliphatic rings. The van der Waals surface area contributed by atoms with Crippen molar-refractivity contribution in [2.24, 2.45) is 0 Å². The molecule has 1 atom stereocenters. The van der Waals surface area contributed by atoms with Crippen LogP contribution in [0.3, 0.4) is 0 Å². The average Bonchev–Trinajstić information content (AvgIpc) is 2.93. The first-order valence-electron chi connectivity index (χ1n) is 8.56. The molecule has 1 aromatic rings. The van der Waals surface area contributed by atoms with E-state index in [1.807, 2.05) is 13.8 Å². The van der Waals surface area contributed by atoms with Crippen LogP contribution in [0.1, 0.15) is 59.4 Å². The topological polar surface area (TPSA) is 87.2 Å². The number of hydrogen-bond acceptors (Lipinski definition) is 4. The third kappa shape index (κ3) is 3.11. The molecule has 1 amide bonds. The van der Waals surface area contributed by atoms with Gasteiger partial charge in [0.15, 0.2) is 0 Å². The number of hydrogen-bond donors (Lipinski definition) is 3. The van der Waals surface area contributed by atoms with Gasteiger partial charge in [-0.25, -0.2) is 0 Å². The predicted molar refractivity (Wildman–Crippen MR) is 92.6 cm³/mol. The molecule has 24 heavy (non-hydrogen) atoms. The molecule has 0 fully saturated rings. The zero-order chi connectivity index (χ0) is 17.1. The fourth-order valence-corrected chi connectivity index (χ4v) is 3.53. The van der Waals surface area contributed by atoms with Crippen molar-refractivity contribution in [3.8, 4) is 0 Å². The van der Waals surface area contributed by atoms with Crippen LogP contribution in [-0.2, 0) is 9.47 Å². The zero-order valence-electron chi connectivity index (χ0n) is 14.3. The SMILES string of the molecule is C/C1=C(\C=N)OCCOCCCC[C@@H]2CNC(=O)c3c2[nH]c1c3C. The van der Waals surface area contributed by atoms with Gasteiger partial charge in [-0.15, -0.1) is 0 Å². The number of fused-ring (bicyclic) bond motifs is 1. The highest BCUT2D eigenvalue weighted by Crippen LogP contribution is 2.34. The molecule has 6 heteroatoms. The Bertz CT molecular complexity index is 675. The molecule has 6 nitrogen and oxygen atoms in total. The summed E-state index contributed by atoms with van der Waals surface area (Å²) in [6, 6.07) is 0. The Hall–Kier alpha value is -2.08. The third-order valence-electron chi connectivity index (χ3n) is 4.88. The lowest BCUT2D eigenvalue weighted by atomic mass is 9.91. The number of carbonyl (C=O) groups is 1. The van der Waals surface area contributed by atoms with Gasteiger partial charge in [0.2, 0.25) is 0 Å². The highest BCUT2D eigenvalue weighted by atomic mass is 16.5. The van der Waals surface area contributed by atoms with Crippen molar-refractivity contribution in [3.05, 3.63) is 28.3 Å². The Labute approximate surface area is 142 Å². The van der Waals surface area contributed by atoms with Crippen LogP contribution in [-0.4, -0.2) is 43.5 Å². The first kappa shape index (κ1) is 16.8.